The minimum absolute atomic E-state index is 0.000307. The maximum Gasteiger partial charge on any atom is 0.247 e. The average Bonchev–Trinajstić information content (AvgIpc) is 2.85. The molecule has 25 heavy (non-hydrogen) atoms. The summed E-state index contributed by atoms with van der Waals surface area (Å²) >= 11 is 0. The first kappa shape index (κ1) is 19.6. The number of amides is 4. The van der Waals surface area contributed by atoms with Gasteiger partial charge in [0.05, 0.1) is 12.5 Å². The largest absolute Gasteiger partial charge is 0.319 e. The molecular weight excluding hydrogens is 322 g/mol. The number of nitrogens with two attached hydrogens (primary N) is 1. The molecule has 0 bridgehead atoms. The highest BCUT2D eigenvalue weighted by Gasteiger charge is 2.51. The second-order valence-electron chi connectivity index (χ2n) is 8.80. The molecule has 2 atom stereocenters. The summed E-state index contributed by atoms with van der Waals surface area (Å²) in [5.74, 6) is -1.29. The maximum absolute atomic E-state index is 12.7. The smallest absolute Gasteiger partial charge is 0.247 e. The molecule has 4 amide bonds. The topological polar surface area (TPSA) is 101 Å². The highest BCUT2D eigenvalue weighted by Crippen LogP contribution is 2.38. The number of rotatable bonds is 5. The first-order chi connectivity index (χ1) is 11.3. The number of imide groups is 2. The minimum atomic E-state index is -0.845. The summed E-state index contributed by atoms with van der Waals surface area (Å²) in [6.07, 6.45) is 0.513. The van der Waals surface area contributed by atoms with Gasteiger partial charge in [0.1, 0.15) is 0 Å². The Morgan fingerprint density at radius 3 is 1.72 bits per heavy atom. The van der Waals surface area contributed by atoms with Crippen LogP contribution in [-0.2, 0) is 19.2 Å². The number of carbonyl (C=O) groups is 4. The van der Waals surface area contributed by atoms with E-state index in [1.54, 1.807) is 27.7 Å². The van der Waals surface area contributed by atoms with Gasteiger partial charge in [0.15, 0.2) is 0 Å². The average molecular weight is 351 g/mol. The van der Waals surface area contributed by atoms with Crippen molar-refractivity contribution in [3.63, 3.8) is 0 Å². The Hall–Kier alpha value is -1.76. The number of likely N-dealkylation sites (tertiary alicyclic amines) is 2. The fourth-order valence-corrected chi connectivity index (χ4v) is 4.32. The second-order valence-corrected chi connectivity index (χ2v) is 8.80. The van der Waals surface area contributed by atoms with Gasteiger partial charge in [-0.1, -0.05) is 13.8 Å². The molecule has 0 aliphatic carbocycles. The van der Waals surface area contributed by atoms with E-state index in [0.717, 1.165) is 0 Å². The molecule has 2 fully saturated rings. The van der Waals surface area contributed by atoms with Gasteiger partial charge in [-0.2, -0.15) is 0 Å². The summed E-state index contributed by atoms with van der Waals surface area (Å²) in [5, 5.41) is 0. The van der Waals surface area contributed by atoms with Crippen LogP contribution in [0.5, 0.6) is 0 Å². The number of carbonyl (C=O) groups excluding carboxylic acids is 4. The molecule has 2 rings (SSSR count). The molecule has 0 spiro atoms. The van der Waals surface area contributed by atoms with Crippen molar-refractivity contribution >= 4 is 23.6 Å². The van der Waals surface area contributed by atoms with Gasteiger partial charge in [-0.15, -0.1) is 0 Å². The van der Waals surface area contributed by atoms with E-state index in [1.165, 1.54) is 9.80 Å². The molecule has 0 aromatic rings. The standard InChI is InChI=1S/C18H29N3O4/c1-10(2)11-7-13(22)20(15(11)24)17(3,4)9-18(5,6)21-14(23)8-12(19)16(21)25/h10-12H,7-9,19H2,1-6H3. The van der Waals surface area contributed by atoms with Crippen molar-refractivity contribution in [1.29, 1.82) is 0 Å². The highest BCUT2D eigenvalue weighted by molar-refractivity contribution is 6.06. The molecule has 0 aromatic heterocycles. The Morgan fingerprint density at radius 1 is 0.920 bits per heavy atom. The van der Waals surface area contributed by atoms with Crippen molar-refractivity contribution in [2.75, 3.05) is 0 Å². The van der Waals surface area contributed by atoms with Crippen LogP contribution in [0.2, 0.25) is 0 Å². The van der Waals surface area contributed by atoms with Gasteiger partial charge in [-0.25, -0.2) is 0 Å². The fourth-order valence-electron chi connectivity index (χ4n) is 4.32. The van der Waals surface area contributed by atoms with Crippen molar-refractivity contribution in [3.8, 4) is 0 Å². The fraction of sp³-hybridized carbons (Fsp3) is 0.778. The van der Waals surface area contributed by atoms with Crippen LogP contribution in [0.15, 0.2) is 0 Å². The van der Waals surface area contributed by atoms with Crippen LogP contribution in [0.25, 0.3) is 0 Å². The Kier molecular flexibility index (Phi) is 4.85. The zero-order valence-corrected chi connectivity index (χ0v) is 16.0. The number of hydrogen-bond donors (Lipinski definition) is 1. The molecule has 2 heterocycles. The van der Waals surface area contributed by atoms with Crippen molar-refractivity contribution in [1.82, 2.24) is 9.80 Å². The van der Waals surface area contributed by atoms with Gasteiger partial charge >= 0.3 is 0 Å². The summed E-state index contributed by atoms with van der Waals surface area (Å²) in [5.41, 5.74) is 4.05. The Labute approximate surface area is 148 Å². The maximum atomic E-state index is 12.7. The molecule has 7 heteroatoms. The lowest BCUT2D eigenvalue weighted by Gasteiger charge is -2.43. The van der Waals surface area contributed by atoms with Gasteiger partial charge in [0.2, 0.25) is 23.6 Å². The molecular formula is C18H29N3O4. The van der Waals surface area contributed by atoms with Gasteiger partial charge in [-0.05, 0) is 40.0 Å². The van der Waals surface area contributed by atoms with Crippen LogP contribution >= 0.6 is 0 Å². The molecule has 7 nitrogen and oxygen atoms in total. The van der Waals surface area contributed by atoms with Crippen molar-refractivity contribution < 1.29 is 19.2 Å². The molecule has 0 radical (unpaired) electrons. The lowest BCUT2D eigenvalue weighted by molar-refractivity contribution is -0.149. The molecule has 2 unspecified atom stereocenters. The first-order valence-electron chi connectivity index (χ1n) is 8.79. The van der Waals surface area contributed by atoms with Crippen LogP contribution in [-0.4, -0.2) is 50.5 Å². The molecule has 2 aliphatic heterocycles. The lowest BCUT2D eigenvalue weighted by Crippen LogP contribution is -2.57. The van der Waals surface area contributed by atoms with Gasteiger partial charge in [-0.3, -0.25) is 29.0 Å². The van der Waals surface area contributed by atoms with E-state index in [0.29, 0.717) is 6.42 Å². The van der Waals surface area contributed by atoms with Gasteiger partial charge in [0.25, 0.3) is 0 Å². The van der Waals surface area contributed by atoms with Crippen LogP contribution < -0.4 is 5.73 Å². The number of hydrogen-bond acceptors (Lipinski definition) is 5. The number of nitrogens with zero attached hydrogens (tertiary/aromatic N) is 2. The summed E-state index contributed by atoms with van der Waals surface area (Å²) in [6, 6.07) is -0.810. The van der Waals surface area contributed by atoms with E-state index in [1.807, 2.05) is 13.8 Å². The molecule has 140 valence electrons. The van der Waals surface area contributed by atoms with Gasteiger partial charge < -0.3 is 5.73 Å². The third-order valence-electron chi connectivity index (χ3n) is 5.24. The highest BCUT2D eigenvalue weighted by atomic mass is 16.2. The van der Waals surface area contributed by atoms with Crippen LogP contribution in [0.3, 0.4) is 0 Å². The second kappa shape index (κ2) is 6.20. The zero-order valence-electron chi connectivity index (χ0n) is 16.0. The predicted molar refractivity (Wildman–Crippen MR) is 92.0 cm³/mol. The molecule has 2 saturated heterocycles. The summed E-state index contributed by atoms with van der Waals surface area (Å²) in [7, 11) is 0. The van der Waals surface area contributed by atoms with Gasteiger partial charge in [0, 0.05) is 23.4 Å². The SMILES string of the molecule is CC(C)C1CC(=O)N(C(C)(C)CC(C)(C)N2C(=O)CC(N)C2=O)C1=O. The van der Waals surface area contributed by atoms with E-state index in [4.69, 9.17) is 5.73 Å². The zero-order chi connectivity index (χ0) is 19.3. The predicted octanol–water partition coefficient (Wildman–Crippen LogP) is 1.05. The van der Waals surface area contributed by atoms with Crippen LogP contribution in [0, 0.1) is 11.8 Å². The van der Waals surface area contributed by atoms with E-state index < -0.39 is 23.0 Å². The normalized spacial score (nSPS) is 25.8. The minimum Gasteiger partial charge on any atom is -0.319 e. The molecule has 0 aromatic carbocycles. The van der Waals surface area contributed by atoms with E-state index in [2.05, 4.69) is 0 Å². The first-order valence-corrected chi connectivity index (χ1v) is 8.79. The Bertz CT molecular complexity index is 624. The van der Waals surface area contributed by atoms with Crippen LogP contribution in [0.1, 0.15) is 60.8 Å². The monoisotopic (exact) mass is 351 g/mol. The van der Waals surface area contributed by atoms with Crippen molar-refractivity contribution in [3.05, 3.63) is 0 Å². The summed E-state index contributed by atoms with van der Waals surface area (Å²) in [4.78, 5) is 52.2. The Balaban J connectivity index is 2.25. The van der Waals surface area contributed by atoms with Crippen LogP contribution in [0.4, 0.5) is 0 Å². The van der Waals surface area contributed by atoms with E-state index >= 15 is 0 Å². The van der Waals surface area contributed by atoms with E-state index in [-0.39, 0.29) is 42.4 Å². The molecule has 2 N–H and O–H groups in total. The lowest BCUT2D eigenvalue weighted by atomic mass is 9.84. The molecule has 2 aliphatic rings. The third-order valence-corrected chi connectivity index (χ3v) is 5.24. The molecule has 0 saturated carbocycles. The van der Waals surface area contributed by atoms with Crippen molar-refractivity contribution in [2.24, 2.45) is 17.6 Å². The third kappa shape index (κ3) is 3.34. The van der Waals surface area contributed by atoms with Crippen molar-refractivity contribution in [2.45, 2.75) is 77.9 Å². The summed E-state index contributed by atoms with van der Waals surface area (Å²) in [6.45, 7) is 11.0. The summed E-state index contributed by atoms with van der Waals surface area (Å²) < 4.78 is 0. The Morgan fingerprint density at radius 2 is 1.36 bits per heavy atom. The van der Waals surface area contributed by atoms with E-state index in [9.17, 15) is 19.2 Å². The quantitative estimate of drug-likeness (QED) is 0.746.